The smallest absolute Gasteiger partial charge is 0.222 e. The van der Waals surface area contributed by atoms with Gasteiger partial charge in [0.1, 0.15) is 0 Å². The van der Waals surface area contributed by atoms with Crippen LogP contribution in [0.4, 0.5) is 0 Å². The van der Waals surface area contributed by atoms with Crippen molar-refractivity contribution in [3.8, 4) is 0 Å². The van der Waals surface area contributed by atoms with Gasteiger partial charge in [0, 0.05) is 13.9 Å². The molecule has 1 aliphatic rings. The average molecular weight is 195 g/mol. The molecule has 0 unspecified atom stereocenters. The zero-order chi connectivity index (χ0) is 10.4. The minimum atomic E-state index is 0. The third kappa shape index (κ3) is 3.77. The molecule has 0 aromatic heterocycles. The lowest BCUT2D eigenvalue weighted by Gasteiger charge is -2.09. The van der Waals surface area contributed by atoms with Gasteiger partial charge in [0.2, 0.25) is 5.91 Å². The number of amides is 1. The van der Waals surface area contributed by atoms with Gasteiger partial charge in [0.05, 0.1) is 0 Å². The molecular weight excluding hydrogens is 174 g/mol. The zero-order valence-corrected chi connectivity index (χ0v) is 9.05. The molecule has 1 amide bonds. The standard InChI is InChI=1S/C12H19NO.H2/c1-10(2)12(14)13-9-8-11-6-4-3-5-7-11;/h4,6-7,10H,3,5,8-9H2,1-2H3,(H,13,14);1H. The summed E-state index contributed by atoms with van der Waals surface area (Å²) in [5, 5.41) is 2.92. The van der Waals surface area contributed by atoms with Gasteiger partial charge in [-0.05, 0) is 19.3 Å². The first kappa shape index (κ1) is 11.0. The van der Waals surface area contributed by atoms with Crippen molar-refractivity contribution in [2.75, 3.05) is 6.54 Å². The second-order valence-electron chi connectivity index (χ2n) is 3.95. The second kappa shape index (κ2) is 5.63. The number of carbonyl (C=O) groups excluding carboxylic acids is 1. The molecule has 0 aliphatic heterocycles. The lowest BCUT2D eigenvalue weighted by molar-refractivity contribution is -0.123. The molecule has 1 rings (SSSR count). The SMILES string of the molecule is CC(C)C(=O)NCCC1=CCCC=C1.[HH]. The van der Waals surface area contributed by atoms with Crippen LogP contribution in [0.3, 0.4) is 0 Å². The van der Waals surface area contributed by atoms with Gasteiger partial charge in [0.25, 0.3) is 0 Å². The molecule has 0 fully saturated rings. The summed E-state index contributed by atoms with van der Waals surface area (Å²) in [7, 11) is 0. The maximum atomic E-state index is 11.2. The summed E-state index contributed by atoms with van der Waals surface area (Å²) < 4.78 is 0. The first-order valence-electron chi connectivity index (χ1n) is 5.33. The number of rotatable bonds is 4. The van der Waals surface area contributed by atoms with Crippen molar-refractivity contribution in [2.45, 2.75) is 33.1 Å². The first-order valence-corrected chi connectivity index (χ1v) is 5.33. The van der Waals surface area contributed by atoms with Crippen LogP contribution in [0.2, 0.25) is 0 Å². The molecule has 1 N–H and O–H groups in total. The molecular formula is C12H21NO. The molecule has 2 heteroatoms. The van der Waals surface area contributed by atoms with Gasteiger partial charge in [0.15, 0.2) is 0 Å². The van der Waals surface area contributed by atoms with E-state index < -0.39 is 0 Å². The highest BCUT2D eigenvalue weighted by Crippen LogP contribution is 2.12. The number of hydrogen-bond donors (Lipinski definition) is 1. The maximum Gasteiger partial charge on any atom is 0.222 e. The van der Waals surface area contributed by atoms with Crippen LogP contribution in [-0.4, -0.2) is 12.5 Å². The van der Waals surface area contributed by atoms with E-state index in [1.54, 1.807) is 0 Å². The van der Waals surface area contributed by atoms with Crippen LogP contribution in [0.15, 0.2) is 23.8 Å². The lowest BCUT2D eigenvalue weighted by atomic mass is 10.0. The quantitative estimate of drug-likeness (QED) is 0.734. The summed E-state index contributed by atoms with van der Waals surface area (Å²) in [6.45, 7) is 4.58. The molecule has 14 heavy (non-hydrogen) atoms. The summed E-state index contributed by atoms with van der Waals surface area (Å²) in [5.41, 5.74) is 1.35. The van der Waals surface area contributed by atoms with E-state index in [2.05, 4.69) is 23.5 Å². The second-order valence-corrected chi connectivity index (χ2v) is 3.95. The van der Waals surface area contributed by atoms with Crippen molar-refractivity contribution in [3.63, 3.8) is 0 Å². The Hall–Kier alpha value is -1.05. The molecule has 0 saturated carbocycles. The summed E-state index contributed by atoms with van der Waals surface area (Å²) in [5.74, 6) is 0.233. The van der Waals surface area contributed by atoms with Crippen molar-refractivity contribution in [2.24, 2.45) is 5.92 Å². The van der Waals surface area contributed by atoms with E-state index in [1.807, 2.05) is 13.8 Å². The van der Waals surface area contributed by atoms with Crippen LogP contribution in [-0.2, 0) is 4.79 Å². The van der Waals surface area contributed by atoms with Crippen LogP contribution in [0.5, 0.6) is 0 Å². The molecule has 0 spiro atoms. The van der Waals surface area contributed by atoms with E-state index in [0.29, 0.717) is 0 Å². The molecule has 0 saturated heterocycles. The van der Waals surface area contributed by atoms with E-state index in [9.17, 15) is 4.79 Å². The predicted molar refractivity (Wildman–Crippen MR) is 61.0 cm³/mol. The Morgan fingerprint density at radius 3 is 2.93 bits per heavy atom. The molecule has 0 radical (unpaired) electrons. The number of allylic oxidation sites excluding steroid dienone is 3. The fourth-order valence-corrected chi connectivity index (χ4v) is 1.39. The molecule has 0 aromatic rings. The van der Waals surface area contributed by atoms with Crippen molar-refractivity contribution >= 4 is 5.91 Å². The fraction of sp³-hybridized carbons (Fsp3) is 0.583. The highest BCUT2D eigenvalue weighted by atomic mass is 16.1. The van der Waals surface area contributed by atoms with Gasteiger partial charge in [-0.15, -0.1) is 0 Å². The maximum absolute atomic E-state index is 11.2. The molecule has 80 valence electrons. The fourth-order valence-electron chi connectivity index (χ4n) is 1.39. The van der Waals surface area contributed by atoms with Gasteiger partial charge >= 0.3 is 0 Å². The van der Waals surface area contributed by atoms with Crippen LogP contribution in [0.1, 0.15) is 34.5 Å². The lowest BCUT2D eigenvalue weighted by Crippen LogP contribution is -2.28. The highest BCUT2D eigenvalue weighted by Gasteiger charge is 2.05. The third-order valence-corrected chi connectivity index (χ3v) is 2.31. The van der Waals surface area contributed by atoms with Gasteiger partial charge < -0.3 is 5.32 Å². The summed E-state index contributed by atoms with van der Waals surface area (Å²) in [6.07, 6.45) is 9.85. The predicted octanol–water partition coefficient (Wildman–Crippen LogP) is 2.67. The van der Waals surface area contributed by atoms with E-state index >= 15 is 0 Å². The average Bonchev–Trinajstić information content (AvgIpc) is 2.19. The Morgan fingerprint density at radius 1 is 1.57 bits per heavy atom. The third-order valence-electron chi connectivity index (χ3n) is 2.31. The van der Waals surface area contributed by atoms with E-state index in [1.165, 1.54) is 5.57 Å². The van der Waals surface area contributed by atoms with E-state index in [4.69, 9.17) is 0 Å². The molecule has 0 aromatic carbocycles. The molecule has 1 aliphatic carbocycles. The topological polar surface area (TPSA) is 29.1 Å². The minimum Gasteiger partial charge on any atom is -0.356 e. The number of hydrogen-bond acceptors (Lipinski definition) is 1. The zero-order valence-electron chi connectivity index (χ0n) is 9.05. The van der Waals surface area contributed by atoms with Crippen LogP contribution in [0.25, 0.3) is 0 Å². The van der Waals surface area contributed by atoms with Crippen molar-refractivity contribution in [3.05, 3.63) is 23.8 Å². The largest absolute Gasteiger partial charge is 0.356 e. The summed E-state index contributed by atoms with van der Waals surface area (Å²) in [6, 6.07) is 0. The minimum absolute atomic E-state index is 0. The van der Waals surface area contributed by atoms with Crippen molar-refractivity contribution in [1.82, 2.24) is 5.32 Å². The molecule has 2 nitrogen and oxygen atoms in total. The Bertz CT molecular complexity index is 256. The Kier molecular flexibility index (Phi) is 4.44. The van der Waals surface area contributed by atoms with E-state index in [-0.39, 0.29) is 13.3 Å². The summed E-state index contributed by atoms with van der Waals surface area (Å²) in [4.78, 5) is 11.2. The number of carbonyl (C=O) groups is 1. The van der Waals surface area contributed by atoms with Crippen LogP contribution >= 0.6 is 0 Å². The van der Waals surface area contributed by atoms with Gasteiger partial charge in [-0.1, -0.05) is 37.6 Å². The first-order chi connectivity index (χ1) is 6.70. The summed E-state index contributed by atoms with van der Waals surface area (Å²) >= 11 is 0. The number of nitrogens with one attached hydrogen (secondary N) is 1. The van der Waals surface area contributed by atoms with E-state index in [0.717, 1.165) is 25.8 Å². The molecule has 0 atom stereocenters. The van der Waals surface area contributed by atoms with Gasteiger partial charge in [-0.3, -0.25) is 4.79 Å². The Balaban J connectivity index is 0.00000196. The molecule has 0 bridgehead atoms. The monoisotopic (exact) mass is 195 g/mol. The van der Waals surface area contributed by atoms with Crippen molar-refractivity contribution in [1.29, 1.82) is 0 Å². The van der Waals surface area contributed by atoms with Crippen LogP contribution in [0, 0.1) is 5.92 Å². The van der Waals surface area contributed by atoms with Crippen LogP contribution < -0.4 is 5.32 Å². The highest BCUT2D eigenvalue weighted by molar-refractivity contribution is 5.77. The Morgan fingerprint density at radius 2 is 2.36 bits per heavy atom. The van der Waals surface area contributed by atoms with Gasteiger partial charge in [-0.2, -0.15) is 0 Å². The Labute approximate surface area is 87.6 Å². The van der Waals surface area contributed by atoms with Gasteiger partial charge in [-0.25, -0.2) is 0 Å². The molecule has 0 heterocycles. The normalized spacial score (nSPS) is 15.5. The van der Waals surface area contributed by atoms with Crippen molar-refractivity contribution < 1.29 is 6.22 Å².